The molecule has 1 atom stereocenters. The third kappa shape index (κ3) is 3.70. The number of hydrogen-bond donors (Lipinski definition) is 0. The van der Waals surface area contributed by atoms with Crippen molar-refractivity contribution in [1.29, 1.82) is 0 Å². The van der Waals surface area contributed by atoms with Crippen LogP contribution in [0.1, 0.15) is 30.9 Å². The van der Waals surface area contributed by atoms with E-state index in [1.807, 2.05) is 19.1 Å². The summed E-state index contributed by atoms with van der Waals surface area (Å²) in [6, 6.07) is 6.11. The van der Waals surface area contributed by atoms with Crippen molar-refractivity contribution in [3.05, 3.63) is 33.8 Å². The molecule has 0 heterocycles. The van der Waals surface area contributed by atoms with Gasteiger partial charge in [-0.05, 0) is 37.0 Å². The minimum Gasteiger partial charge on any atom is -0.298 e. The Bertz CT molecular complexity index is 374. The van der Waals surface area contributed by atoms with Gasteiger partial charge in [0.15, 0.2) is 0 Å². The highest BCUT2D eigenvalue weighted by molar-refractivity contribution is 9.10. The lowest BCUT2D eigenvalue weighted by molar-refractivity contribution is -0.118. The van der Waals surface area contributed by atoms with Gasteiger partial charge in [0.25, 0.3) is 0 Å². The maximum atomic E-state index is 11.7. The third-order valence-corrected chi connectivity index (χ3v) is 4.32. The van der Waals surface area contributed by atoms with Gasteiger partial charge in [-0.2, -0.15) is 0 Å². The molecule has 88 valence electrons. The van der Waals surface area contributed by atoms with Crippen LogP contribution in [0.3, 0.4) is 0 Å². The zero-order valence-corrected chi connectivity index (χ0v) is 12.8. The van der Waals surface area contributed by atoms with Crippen LogP contribution in [0.25, 0.3) is 0 Å². The van der Waals surface area contributed by atoms with Crippen molar-refractivity contribution in [2.75, 3.05) is 0 Å². The van der Waals surface area contributed by atoms with Crippen molar-refractivity contribution in [3.63, 3.8) is 0 Å². The number of carbonyl (C=O) groups is 1. The van der Waals surface area contributed by atoms with E-state index >= 15 is 0 Å². The lowest BCUT2D eigenvalue weighted by Crippen LogP contribution is -2.16. The lowest BCUT2D eigenvalue weighted by atomic mass is 10.0. The molecule has 0 saturated carbocycles. The zero-order valence-electron chi connectivity index (χ0n) is 9.59. The topological polar surface area (TPSA) is 17.1 Å². The molecule has 3 heteroatoms. The second kappa shape index (κ2) is 6.55. The first-order valence-corrected chi connectivity index (χ1v) is 7.18. The number of rotatable bonds is 5. The molecule has 0 bridgehead atoms. The largest absolute Gasteiger partial charge is 0.298 e. The Morgan fingerprint density at radius 1 is 1.44 bits per heavy atom. The Morgan fingerprint density at radius 3 is 2.75 bits per heavy atom. The average molecular weight is 348 g/mol. The van der Waals surface area contributed by atoms with E-state index < -0.39 is 0 Å². The van der Waals surface area contributed by atoms with Crippen molar-refractivity contribution in [1.82, 2.24) is 0 Å². The van der Waals surface area contributed by atoms with Gasteiger partial charge in [-0.1, -0.05) is 50.9 Å². The van der Waals surface area contributed by atoms with Gasteiger partial charge < -0.3 is 0 Å². The Balaban J connectivity index is 2.73. The molecule has 0 aliphatic carbocycles. The molecular weight excluding hydrogens is 332 g/mol. The summed E-state index contributed by atoms with van der Waals surface area (Å²) >= 11 is 6.98. The van der Waals surface area contributed by atoms with Crippen LogP contribution in [-0.4, -0.2) is 10.6 Å². The molecule has 16 heavy (non-hydrogen) atoms. The first kappa shape index (κ1) is 13.9. The molecule has 0 fully saturated rings. The third-order valence-electron chi connectivity index (χ3n) is 2.62. The molecule has 0 spiro atoms. The Morgan fingerprint density at radius 2 is 2.12 bits per heavy atom. The fourth-order valence-corrected chi connectivity index (χ4v) is 2.57. The standard InChI is InChI=1S/C13H16Br2O/c1-3-5-13(16)12(15)8-10-6-4-7-11(14)9(10)2/h4,6-7,12H,3,5,8H2,1-2H3. The quantitative estimate of drug-likeness (QED) is 0.720. The van der Waals surface area contributed by atoms with Gasteiger partial charge in [0, 0.05) is 10.9 Å². The molecule has 1 unspecified atom stereocenters. The molecule has 0 saturated heterocycles. The number of Topliss-reactive ketones (excluding diaryl/α,β-unsaturated/α-hetero) is 1. The predicted octanol–water partition coefficient (Wildman–Crippen LogP) is 4.43. The maximum Gasteiger partial charge on any atom is 0.146 e. The maximum absolute atomic E-state index is 11.7. The van der Waals surface area contributed by atoms with E-state index in [1.54, 1.807) is 0 Å². The van der Waals surface area contributed by atoms with Crippen LogP contribution in [0.5, 0.6) is 0 Å². The van der Waals surface area contributed by atoms with Crippen LogP contribution in [0.15, 0.2) is 22.7 Å². The molecule has 1 rings (SSSR count). The van der Waals surface area contributed by atoms with E-state index in [0.29, 0.717) is 12.2 Å². The van der Waals surface area contributed by atoms with E-state index in [2.05, 4.69) is 44.8 Å². The summed E-state index contributed by atoms with van der Waals surface area (Å²) in [6.45, 7) is 4.10. The monoisotopic (exact) mass is 346 g/mol. The Kier molecular flexibility index (Phi) is 5.70. The van der Waals surface area contributed by atoms with Gasteiger partial charge in [-0.15, -0.1) is 0 Å². The van der Waals surface area contributed by atoms with E-state index in [-0.39, 0.29) is 4.83 Å². The molecule has 0 amide bonds. The number of alkyl halides is 1. The van der Waals surface area contributed by atoms with Crippen molar-refractivity contribution in [3.8, 4) is 0 Å². The summed E-state index contributed by atoms with van der Waals surface area (Å²) in [6.07, 6.45) is 2.34. The molecule has 0 aliphatic rings. The van der Waals surface area contributed by atoms with Crippen molar-refractivity contribution < 1.29 is 4.79 Å². The molecule has 0 aromatic heterocycles. The van der Waals surface area contributed by atoms with E-state index in [4.69, 9.17) is 0 Å². The first-order chi connectivity index (χ1) is 7.56. The number of hydrogen-bond acceptors (Lipinski definition) is 1. The summed E-state index contributed by atoms with van der Waals surface area (Å²) in [5.41, 5.74) is 2.44. The van der Waals surface area contributed by atoms with Gasteiger partial charge >= 0.3 is 0 Å². The highest BCUT2D eigenvalue weighted by Crippen LogP contribution is 2.22. The number of benzene rings is 1. The van der Waals surface area contributed by atoms with E-state index in [0.717, 1.165) is 17.3 Å². The van der Waals surface area contributed by atoms with Crippen LogP contribution in [0.2, 0.25) is 0 Å². The van der Waals surface area contributed by atoms with Crippen LogP contribution in [-0.2, 0) is 11.2 Å². The molecule has 0 N–H and O–H groups in total. The number of carbonyl (C=O) groups excluding carboxylic acids is 1. The summed E-state index contributed by atoms with van der Waals surface area (Å²) in [7, 11) is 0. The lowest BCUT2D eigenvalue weighted by Gasteiger charge is -2.11. The average Bonchev–Trinajstić information content (AvgIpc) is 2.25. The van der Waals surface area contributed by atoms with Gasteiger partial charge in [0.1, 0.15) is 5.78 Å². The van der Waals surface area contributed by atoms with E-state index in [1.165, 1.54) is 11.1 Å². The van der Waals surface area contributed by atoms with Crippen molar-refractivity contribution in [2.24, 2.45) is 0 Å². The van der Waals surface area contributed by atoms with Gasteiger partial charge in [-0.3, -0.25) is 4.79 Å². The highest BCUT2D eigenvalue weighted by Gasteiger charge is 2.15. The van der Waals surface area contributed by atoms with Gasteiger partial charge in [0.05, 0.1) is 4.83 Å². The predicted molar refractivity (Wildman–Crippen MR) is 75.2 cm³/mol. The normalized spacial score (nSPS) is 12.5. The summed E-state index contributed by atoms with van der Waals surface area (Å²) < 4.78 is 1.10. The summed E-state index contributed by atoms with van der Waals surface area (Å²) in [4.78, 5) is 11.6. The fourth-order valence-electron chi connectivity index (χ4n) is 1.58. The second-order valence-electron chi connectivity index (χ2n) is 3.91. The molecule has 0 radical (unpaired) electrons. The molecule has 1 aromatic carbocycles. The second-order valence-corrected chi connectivity index (χ2v) is 5.87. The first-order valence-electron chi connectivity index (χ1n) is 5.47. The molecule has 1 nitrogen and oxygen atoms in total. The summed E-state index contributed by atoms with van der Waals surface area (Å²) in [5.74, 6) is 0.293. The van der Waals surface area contributed by atoms with Crippen molar-refractivity contribution in [2.45, 2.75) is 37.9 Å². The SMILES string of the molecule is CCCC(=O)C(Br)Cc1cccc(Br)c1C. The van der Waals surface area contributed by atoms with Crippen LogP contribution in [0, 0.1) is 6.92 Å². The minimum absolute atomic E-state index is 0.0551. The highest BCUT2D eigenvalue weighted by atomic mass is 79.9. The summed E-state index contributed by atoms with van der Waals surface area (Å²) in [5, 5.41) is 0. The van der Waals surface area contributed by atoms with E-state index in [9.17, 15) is 4.79 Å². The number of ketones is 1. The zero-order chi connectivity index (χ0) is 12.1. The van der Waals surface area contributed by atoms with Crippen LogP contribution >= 0.6 is 31.9 Å². The molecule has 0 aliphatic heterocycles. The Labute approximate surface area is 114 Å². The van der Waals surface area contributed by atoms with Crippen molar-refractivity contribution >= 4 is 37.6 Å². The van der Waals surface area contributed by atoms with Gasteiger partial charge in [-0.25, -0.2) is 0 Å². The van der Waals surface area contributed by atoms with Crippen LogP contribution in [0.4, 0.5) is 0 Å². The molecular formula is C13H16Br2O. The van der Waals surface area contributed by atoms with Crippen LogP contribution < -0.4 is 0 Å². The minimum atomic E-state index is -0.0551. The smallest absolute Gasteiger partial charge is 0.146 e. The number of halogens is 2. The fraction of sp³-hybridized carbons (Fsp3) is 0.462. The Hall–Kier alpha value is -0.150. The van der Waals surface area contributed by atoms with Gasteiger partial charge in [0.2, 0.25) is 0 Å². The molecule has 1 aromatic rings.